The minimum atomic E-state index is -0.735. The van der Waals surface area contributed by atoms with E-state index >= 15 is 0 Å². The predicted molar refractivity (Wildman–Crippen MR) is 106 cm³/mol. The van der Waals surface area contributed by atoms with Gasteiger partial charge in [0.15, 0.2) is 0 Å². The van der Waals surface area contributed by atoms with Crippen molar-refractivity contribution in [2.45, 2.75) is 59.7 Å². The second-order valence-electron chi connectivity index (χ2n) is 7.79. The number of nitrogens with zero attached hydrogens (tertiary/aromatic N) is 1. The molecule has 150 valence electrons. The van der Waals surface area contributed by atoms with Crippen molar-refractivity contribution >= 4 is 29.5 Å². The van der Waals surface area contributed by atoms with E-state index in [1.807, 2.05) is 19.1 Å². The second-order valence-corrected chi connectivity index (χ2v) is 7.79. The molecule has 27 heavy (non-hydrogen) atoms. The summed E-state index contributed by atoms with van der Waals surface area (Å²) in [6.45, 7) is 13.2. The van der Waals surface area contributed by atoms with Gasteiger partial charge in [0.2, 0.25) is 5.96 Å². The Labute approximate surface area is 160 Å². The van der Waals surface area contributed by atoms with E-state index in [1.54, 1.807) is 53.7 Å². The number of aliphatic imine (C=N–C) groups is 1. The lowest BCUT2D eigenvalue weighted by Gasteiger charge is -2.22. The normalized spacial score (nSPS) is 11.2. The third-order valence-corrected chi connectivity index (χ3v) is 2.73. The molecule has 0 saturated carbocycles. The Kier molecular flexibility index (Phi) is 7.63. The van der Waals surface area contributed by atoms with Crippen molar-refractivity contribution in [3.63, 3.8) is 0 Å². The van der Waals surface area contributed by atoms with Crippen LogP contribution in [0, 0.1) is 0 Å². The number of anilines is 1. The Bertz CT molecular complexity index is 638. The van der Waals surface area contributed by atoms with Gasteiger partial charge in [-0.05, 0) is 72.7 Å². The molecule has 0 aliphatic carbocycles. The molecule has 0 aliphatic heterocycles. The molecule has 0 heterocycles. The number of amides is 2. The maximum atomic E-state index is 12.0. The Morgan fingerprint density at radius 3 is 1.70 bits per heavy atom. The van der Waals surface area contributed by atoms with Gasteiger partial charge >= 0.3 is 12.2 Å². The summed E-state index contributed by atoms with van der Waals surface area (Å²) in [7, 11) is 0. The average molecular weight is 378 g/mol. The highest BCUT2D eigenvalue weighted by molar-refractivity contribution is 6.02. The summed E-state index contributed by atoms with van der Waals surface area (Å²) in [4.78, 5) is 28.4. The van der Waals surface area contributed by atoms with Gasteiger partial charge in [0.05, 0.1) is 5.69 Å². The van der Waals surface area contributed by atoms with Gasteiger partial charge in [0.25, 0.3) is 0 Å². The minimum Gasteiger partial charge on any atom is -0.444 e. The van der Waals surface area contributed by atoms with Gasteiger partial charge in [-0.3, -0.25) is 10.6 Å². The number of guanidine groups is 1. The Morgan fingerprint density at radius 2 is 1.33 bits per heavy atom. The molecule has 0 radical (unpaired) electrons. The second kappa shape index (κ2) is 9.25. The van der Waals surface area contributed by atoms with Gasteiger partial charge in [0.1, 0.15) is 11.2 Å². The lowest BCUT2D eigenvalue weighted by Crippen LogP contribution is -2.47. The quantitative estimate of drug-likeness (QED) is 0.542. The van der Waals surface area contributed by atoms with Gasteiger partial charge in [0, 0.05) is 12.2 Å². The maximum Gasteiger partial charge on any atom is 0.414 e. The summed E-state index contributed by atoms with van der Waals surface area (Å²) in [6, 6.07) is 7.21. The maximum absolute atomic E-state index is 12.0. The summed E-state index contributed by atoms with van der Waals surface area (Å²) < 4.78 is 10.4. The summed E-state index contributed by atoms with van der Waals surface area (Å²) in [5.74, 6) is -0.0882. The minimum absolute atomic E-state index is 0.0882. The number of alkyl carbamates (subject to hydrolysis) is 2. The van der Waals surface area contributed by atoms with E-state index in [1.165, 1.54) is 0 Å². The molecule has 8 nitrogen and oxygen atoms in total. The zero-order valence-electron chi connectivity index (χ0n) is 17.1. The van der Waals surface area contributed by atoms with E-state index in [-0.39, 0.29) is 5.96 Å². The van der Waals surface area contributed by atoms with Crippen molar-refractivity contribution in [3.8, 4) is 0 Å². The van der Waals surface area contributed by atoms with Crippen LogP contribution in [0.3, 0.4) is 0 Å². The van der Waals surface area contributed by atoms with Crippen molar-refractivity contribution in [1.82, 2.24) is 10.6 Å². The van der Waals surface area contributed by atoms with Crippen LogP contribution in [0.2, 0.25) is 0 Å². The van der Waals surface area contributed by atoms with Crippen molar-refractivity contribution < 1.29 is 19.1 Å². The molecule has 1 aromatic carbocycles. The average Bonchev–Trinajstić information content (AvgIpc) is 2.45. The van der Waals surface area contributed by atoms with Crippen LogP contribution in [0.15, 0.2) is 29.3 Å². The smallest absolute Gasteiger partial charge is 0.414 e. The summed E-state index contributed by atoms with van der Waals surface area (Å²) >= 11 is 0. The fourth-order valence-corrected chi connectivity index (χ4v) is 1.87. The molecule has 3 N–H and O–H groups in total. The van der Waals surface area contributed by atoms with E-state index in [9.17, 15) is 9.59 Å². The van der Waals surface area contributed by atoms with Gasteiger partial charge in [-0.2, -0.15) is 0 Å². The van der Waals surface area contributed by atoms with Crippen LogP contribution in [0.25, 0.3) is 0 Å². The fourth-order valence-electron chi connectivity index (χ4n) is 1.87. The highest BCUT2D eigenvalue weighted by atomic mass is 16.6. The molecule has 1 aromatic rings. The number of ether oxygens (including phenoxy) is 2. The monoisotopic (exact) mass is 378 g/mol. The summed E-state index contributed by atoms with van der Waals surface area (Å²) in [5, 5.41) is 8.06. The van der Waals surface area contributed by atoms with Gasteiger partial charge in [-0.25, -0.2) is 14.6 Å². The van der Waals surface area contributed by atoms with E-state index in [0.29, 0.717) is 5.69 Å². The van der Waals surface area contributed by atoms with Gasteiger partial charge in [-0.15, -0.1) is 0 Å². The van der Waals surface area contributed by atoms with Crippen LogP contribution in [-0.2, 0) is 9.47 Å². The van der Waals surface area contributed by atoms with Crippen LogP contribution < -0.4 is 16.0 Å². The molecule has 0 saturated heterocycles. The fraction of sp³-hybridized carbons (Fsp3) is 0.526. The Balaban J connectivity index is 2.97. The van der Waals surface area contributed by atoms with Crippen molar-refractivity contribution in [3.05, 3.63) is 24.3 Å². The zero-order chi connectivity index (χ0) is 20.7. The Hall–Kier alpha value is -2.77. The van der Waals surface area contributed by atoms with Crippen molar-refractivity contribution in [2.75, 3.05) is 11.9 Å². The highest BCUT2D eigenvalue weighted by Crippen LogP contribution is 2.16. The number of hydrogen-bond donors (Lipinski definition) is 3. The first-order chi connectivity index (χ1) is 12.4. The first kappa shape index (κ1) is 22.3. The molecule has 0 unspecified atom stereocenters. The molecule has 1 rings (SSSR count). The lowest BCUT2D eigenvalue weighted by atomic mass is 10.2. The van der Waals surface area contributed by atoms with E-state index in [0.717, 1.165) is 12.2 Å². The molecule has 0 fully saturated rings. The molecular formula is C19H30N4O4. The highest BCUT2D eigenvalue weighted by Gasteiger charge is 2.21. The van der Waals surface area contributed by atoms with Crippen LogP contribution in [0.4, 0.5) is 21.0 Å². The number of carbonyl (C=O) groups excluding carboxylic acids is 2. The number of nitrogens with one attached hydrogen (secondary N) is 3. The van der Waals surface area contributed by atoms with Crippen LogP contribution >= 0.6 is 0 Å². The van der Waals surface area contributed by atoms with Crippen molar-refractivity contribution in [2.24, 2.45) is 4.99 Å². The third kappa shape index (κ3) is 10.1. The number of benzene rings is 1. The van der Waals surface area contributed by atoms with Gasteiger partial charge in [-0.1, -0.05) is 0 Å². The molecule has 0 bridgehead atoms. The first-order valence-electron chi connectivity index (χ1n) is 8.80. The lowest BCUT2D eigenvalue weighted by molar-refractivity contribution is 0.0545. The number of hydrogen-bond acceptors (Lipinski definition) is 6. The van der Waals surface area contributed by atoms with E-state index in [4.69, 9.17) is 9.47 Å². The SMILES string of the molecule is CCNc1ccc(N=C(NC(=O)OC(C)(C)C)NC(=O)OC(C)(C)C)cc1. The molecule has 0 aliphatic rings. The summed E-state index contributed by atoms with van der Waals surface area (Å²) in [6.07, 6.45) is -1.47. The molecule has 2 amide bonds. The van der Waals surface area contributed by atoms with Crippen LogP contribution in [-0.4, -0.2) is 35.9 Å². The van der Waals surface area contributed by atoms with Crippen LogP contribution in [0.1, 0.15) is 48.5 Å². The zero-order valence-corrected chi connectivity index (χ0v) is 17.1. The largest absolute Gasteiger partial charge is 0.444 e. The summed E-state index contributed by atoms with van der Waals surface area (Å²) in [5.41, 5.74) is 0.111. The molecular weight excluding hydrogens is 348 g/mol. The molecule has 0 aromatic heterocycles. The van der Waals surface area contributed by atoms with E-state index < -0.39 is 23.4 Å². The topological polar surface area (TPSA) is 101 Å². The predicted octanol–water partition coefficient (Wildman–Crippen LogP) is 4.16. The Morgan fingerprint density at radius 1 is 0.889 bits per heavy atom. The molecule has 8 heteroatoms. The standard InChI is InChI=1S/C19H30N4O4/c1-8-20-13-9-11-14(12-10-13)21-15(22-16(24)26-18(2,3)4)23-17(25)27-19(5,6)7/h9-12,20H,8H2,1-7H3,(H2,21,22,23,24,25). The number of rotatable bonds is 3. The van der Waals surface area contributed by atoms with Crippen molar-refractivity contribution in [1.29, 1.82) is 0 Å². The molecule has 0 atom stereocenters. The third-order valence-electron chi connectivity index (χ3n) is 2.73. The number of carbonyl (C=O) groups is 2. The van der Waals surface area contributed by atoms with Crippen LogP contribution in [0.5, 0.6) is 0 Å². The molecule has 0 spiro atoms. The van der Waals surface area contributed by atoms with Gasteiger partial charge < -0.3 is 14.8 Å². The first-order valence-corrected chi connectivity index (χ1v) is 8.80. The van der Waals surface area contributed by atoms with E-state index in [2.05, 4.69) is 20.9 Å².